The maximum Gasteiger partial charge on any atom is 0.0779 e. The van der Waals surface area contributed by atoms with Gasteiger partial charge in [-0.15, -0.1) is 0 Å². The summed E-state index contributed by atoms with van der Waals surface area (Å²) in [6.07, 6.45) is 7.25. The molecule has 1 aliphatic carbocycles. The molecule has 4 heteroatoms. The molecule has 0 amide bonds. The second kappa shape index (κ2) is 5.24. The van der Waals surface area contributed by atoms with Crippen LogP contribution in [0.15, 0.2) is 18.3 Å². The lowest BCUT2D eigenvalue weighted by Gasteiger charge is -2.45. The Morgan fingerprint density at radius 2 is 2.28 bits per heavy atom. The predicted molar refractivity (Wildman–Crippen MR) is 71.5 cm³/mol. The van der Waals surface area contributed by atoms with Gasteiger partial charge in [0.2, 0.25) is 0 Å². The Balaban J connectivity index is 1.89. The van der Waals surface area contributed by atoms with Crippen LogP contribution in [0.25, 0.3) is 0 Å². The van der Waals surface area contributed by atoms with Crippen LogP contribution in [0.2, 0.25) is 0 Å². The average Bonchev–Trinajstić information content (AvgIpc) is 2.46. The van der Waals surface area contributed by atoms with Crippen molar-refractivity contribution < 1.29 is 4.74 Å². The molecule has 1 aromatic rings. The van der Waals surface area contributed by atoms with Crippen LogP contribution < -0.4 is 10.6 Å². The number of ether oxygens (including phenoxy) is 1. The highest BCUT2D eigenvalue weighted by molar-refractivity contribution is 5.52. The number of hydrogen-bond donors (Lipinski definition) is 1. The topological polar surface area (TPSA) is 51.4 Å². The zero-order valence-corrected chi connectivity index (χ0v) is 10.7. The van der Waals surface area contributed by atoms with E-state index in [2.05, 4.69) is 16.0 Å². The Bertz CT molecular complexity index is 408. The molecule has 1 saturated heterocycles. The summed E-state index contributed by atoms with van der Waals surface area (Å²) in [5, 5.41) is 0. The Morgan fingerprint density at radius 3 is 3.17 bits per heavy atom. The fraction of sp³-hybridized carbons (Fsp3) is 0.643. The molecule has 0 aromatic carbocycles. The molecule has 2 heterocycles. The first-order valence-corrected chi connectivity index (χ1v) is 6.92. The van der Waals surface area contributed by atoms with Crippen LogP contribution in [0.5, 0.6) is 0 Å². The standard InChI is InChI=1S/C14H21N3O/c15-10-11-12(5-3-7-16-11)17-8-9-18-14-6-2-1-4-13(14)17/h3,5,7,13-14H,1-2,4,6,8-10,15H2. The Kier molecular flexibility index (Phi) is 3.48. The maximum atomic E-state index is 5.91. The van der Waals surface area contributed by atoms with Gasteiger partial charge in [-0.3, -0.25) is 4.98 Å². The normalized spacial score (nSPS) is 27.9. The van der Waals surface area contributed by atoms with E-state index in [0.717, 1.165) is 18.8 Å². The van der Waals surface area contributed by atoms with Gasteiger partial charge in [-0.25, -0.2) is 0 Å². The summed E-state index contributed by atoms with van der Waals surface area (Å²) < 4.78 is 5.91. The van der Waals surface area contributed by atoms with Gasteiger partial charge in [0.25, 0.3) is 0 Å². The summed E-state index contributed by atoms with van der Waals surface area (Å²) in [6, 6.07) is 4.66. The Hall–Kier alpha value is -1.13. The van der Waals surface area contributed by atoms with E-state index >= 15 is 0 Å². The van der Waals surface area contributed by atoms with Crippen molar-refractivity contribution in [3.63, 3.8) is 0 Å². The van der Waals surface area contributed by atoms with Crippen molar-refractivity contribution in [2.75, 3.05) is 18.1 Å². The molecule has 0 bridgehead atoms. The molecule has 1 aliphatic heterocycles. The summed E-state index contributed by atoms with van der Waals surface area (Å²) in [7, 11) is 0. The number of nitrogens with zero attached hydrogens (tertiary/aromatic N) is 2. The SMILES string of the molecule is NCc1ncccc1N1CCOC2CCCCC21. The molecule has 1 saturated carbocycles. The van der Waals surface area contributed by atoms with Gasteiger partial charge in [0.1, 0.15) is 0 Å². The van der Waals surface area contributed by atoms with E-state index in [1.165, 1.54) is 31.4 Å². The van der Waals surface area contributed by atoms with Crippen molar-refractivity contribution >= 4 is 5.69 Å². The van der Waals surface area contributed by atoms with Crippen molar-refractivity contribution in [1.82, 2.24) is 4.98 Å². The largest absolute Gasteiger partial charge is 0.374 e. The van der Waals surface area contributed by atoms with Crippen LogP contribution in [0.1, 0.15) is 31.4 Å². The highest BCUT2D eigenvalue weighted by Crippen LogP contribution is 2.32. The van der Waals surface area contributed by atoms with Gasteiger partial charge in [-0.2, -0.15) is 0 Å². The number of aromatic nitrogens is 1. The van der Waals surface area contributed by atoms with Crippen molar-refractivity contribution in [2.24, 2.45) is 5.73 Å². The molecule has 0 radical (unpaired) electrons. The average molecular weight is 247 g/mol. The number of morpholine rings is 1. The summed E-state index contributed by atoms with van der Waals surface area (Å²) in [5.41, 5.74) is 8.02. The van der Waals surface area contributed by atoms with Crippen LogP contribution in [-0.4, -0.2) is 30.3 Å². The summed E-state index contributed by atoms with van der Waals surface area (Å²) in [5.74, 6) is 0. The number of hydrogen-bond acceptors (Lipinski definition) is 4. The van der Waals surface area contributed by atoms with E-state index in [9.17, 15) is 0 Å². The first kappa shape index (κ1) is 11.9. The van der Waals surface area contributed by atoms with Crippen LogP contribution in [-0.2, 0) is 11.3 Å². The molecule has 98 valence electrons. The van der Waals surface area contributed by atoms with Gasteiger partial charge < -0.3 is 15.4 Å². The molecule has 2 aliphatic rings. The molecular weight excluding hydrogens is 226 g/mol. The third kappa shape index (κ3) is 2.10. The zero-order valence-electron chi connectivity index (χ0n) is 10.7. The number of fused-ring (bicyclic) bond motifs is 1. The van der Waals surface area contributed by atoms with E-state index in [4.69, 9.17) is 10.5 Å². The van der Waals surface area contributed by atoms with Gasteiger partial charge in [-0.05, 0) is 25.0 Å². The molecule has 18 heavy (non-hydrogen) atoms. The minimum absolute atomic E-state index is 0.401. The molecule has 1 aromatic heterocycles. The number of nitrogens with two attached hydrogens (primary N) is 1. The third-order valence-electron chi connectivity index (χ3n) is 4.10. The van der Waals surface area contributed by atoms with E-state index < -0.39 is 0 Å². The van der Waals surface area contributed by atoms with E-state index in [1.807, 2.05) is 12.3 Å². The Labute approximate surface area is 108 Å². The van der Waals surface area contributed by atoms with Gasteiger partial charge in [0, 0.05) is 19.3 Å². The Morgan fingerprint density at radius 1 is 1.39 bits per heavy atom. The first-order valence-electron chi connectivity index (χ1n) is 6.92. The lowest BCUT2D eigenvalue weighted by atomic mass is 9.89. The minimum Gasteiger partial charge on any atom is -0.374 e. The second-order valence-corrected chi connectivity index (χ2v) is 5.13. The van der Waals surface area contributed by atoms with Crippen LogP contribution in [0.4, 0.5) is 5.69 Å². The number of anilines is 1. The monoisotopic (exact) mass is 247 g/mol. The fourth-order valence-corrected chi connectivity index (χ4v) is 3.24. The lowest BCUT2D eigenvalue weighted by Crippen LogP contribution is -2.53. The van der Waals surface area contributed by atoms with Gasteiger partial charge in [0.05, 0.1) is 30.1 Å². The highest BCUT2D eigenvalue weighted by Gasteiger charge is 2.34. The van der Waals surface area contributed by atoms with Crippen molar-refractivity contribution in [3.05, 3.63) is 24.0 Å². The molecular formula is C14H21N3O. The van der Waals surface area contributed by atoms with Crippen LogP contribution in [0, 0.1) is 0 Å². The smallest absolute Gasteiger partial charge is 0.0779 e. The second-order valence-electron chi connectivity index (χ2n) is 5.13. The number of pyridine rings is 1. The molecule has 4 nitrogen and oxygen atoms in total. The predicted octanol–water partition coefficient (Wildman–Crippen LogP) is 1.69. The summed E-state index contributed by atoms with van der Waals surface area (Å²) in [4.78, 5) is 6.88. The highest BCUT2D eigenvalue weighted by atomic mass is 16.5. The van der Waals surface area contributed by atoms with Crippen molar-refractivity contribution in [2.45, 2.75) is 44.4 Å². The molecule has 2 N–H and O–H groups in total. The van der Waals surface area contributed by atoms with Crippen LogP contribution >= 0.6 is 0 Å². The maximum absolute atomic E-state index is 5.91. The molecule has 2 unspecified atom stereocenters. The van der Waals surface area contributed by atoms with Gasteiger partial charge >= 0.3 is 0 Å². The van der Waals surface area contributed by atoms with Crippen LogP contribution in [0.3, 0.4) is 0 Å². The van der Waals surface area contributed by atoms with E-state index in [1.54, 1.807) is 0 Å². The quantitative estimate of drug-likeness (QED) is 0.864. The fourth-order valence-electron chi connectivity index (χ4n) is 3.24. The molecule has 2 atom stereocenters. The first-order chi connectivity index (χ1) is 8.90. The summed E-state index contributed by atoms with van der Waals surface area (Å²) in [6.45, 7) is 2.28. The van der Waals surface area contributed by atoms with Gasteiger partial charge in [-0.1, -0.05) is 12.8 Å². The summed E-state index contributed by atoms with van der Waals surface area (Å²) >= 11 is 0. The van der Waals surface area contributed by atoms with Crippen molar-refractivity contribution in [1.29, 1.82) is 0 Å². The molecule has 3 rings (SSSR count). The van der Waals surface area contributed by atoms with Gasteiger partial charge in [0.15, 0.2) is 0 Å². The number of rotatable bonds is 2. The lowest BCUT2D eigenvalue weighted by molar-refractivity contribution is -0.00876. The minimum atomic E-state index is 0.401. The zero-order chi connectivity index (χ0) is 12.4. The van der Waals surface area contributed by atoms with E-state index in [-0.39, 0.29) is 0 Å². The molecule has 2 fully saturated rings. The van der Waals surface area contributed by atoms with E-state index in [0.29, 0.717) is 18.7 Å². The molecule has 0 spiro atoms. The third-order valence-corrected chi connectivity index (χ3v) is 4.10. The van der Waals surface area contributed by atoms with Crippen molar-refractivity contribution in [3.8, 4) is 0 Å².